The van der Waals surface area contributed by atoms with Crippen LogP contribution in [0.4, 0.5) is 4.39 Å². The Balaban J connectivity index is 2.70. The van der Waals surface area contributed by atoms with E-state index in [4.69, 9.17) is 17.4 Å². The van der Waals surface area contributed by atoms with E-state index in [2.05, 4.69) is 26.2 Å². The summed E-state index contributed by atoms with van der Waals surface area (Å²) in [6.07, 6.45) is 1.69. The van der Waals surface area contributed by atoms with Crippen LogP contribution >= 0.6 is 11.6 Å². The maximum atomic E-state index is 13.0. The van der Waals surface area contributed by atoms with Crippen molar-refractivity contribution in [3.8, 4) is 0 Å². The minimum Gasteiger partial charge on any atom is -0.271 e. The SMILES string of the molecule is CC(C)(C)CC(Cc1ccc(F)c(Cl)c1)NN. The zero-order valence-electron chi connectivity index (χ0n) is 10.6. The monoisotopic (exact) mass is 258 g/mol. The zero-order valence-corrected chi connectivity index (χ0v) is 11.3. The molecular formula is C13H20ClFN2. The van der Waals surface area contributed by atoms with E-state index in [0.29, 0.717) is 0 Å². The lowest BCUT2D eigenvalue weighted by Gasteiger charge is -2.25. The molecule has 0 heterocycles. The standard InChI is InChI=1S/C13H20ClFN2/c1-13(2,3)8-10(17-16)6-9-4-5-12(15)11(14)7-9/h4-5,7,10,17H,6,8,16H2,1-3H3. The van der Waals surface area contributed by atoms with Crippen molar-refractivity contribution in [1.29, 1.82) is 0 Å². The van der Waals surface area contributed by atoms with Crippen LogP contribution in [0, 0.1) is 11.2 Å². The fraction of sp³-hybridized carbons (Fsp3) is 0.538. The van der Waals surface area contributed by atoms with Gasteiger partial charge in [-0.2, -0.15) is 0 Å². The van der Waals surface area contributed by atoms with Crippen molar-refractivity contribution >= 4 is 11.6 Å². The Bertz CT molecular complexity index is 374. The van der Waals surface area contributed by atoms with Gasteiger partial charge in [0.05, 0.1) is 5.02 Å². The van der Waals surface area contributed by atoms with Crippen molar-refractivity contribution < 1.29 is 4.39 Å². The van der Waals surface area contributed by atoms with Crippen LogP contribution in [0.3, 0.4) is 0 Å². The van der Waals surface area contributed by atoms with Gasteiger partial charge >= 0.3 is 0 Å². The van der Waals surface area contributed by atoms with E-state index in [1.807, 2.05) is 0 Å². The summed E-state index contributed by atoms with van der Waals surface area (Å²) in [6, 6.07) is 4.96. The van der Waals surface area contributed by atoms with Gasteiger partial charge < -0.3 is 0 Å². The fourth-order valence-electron chi connectivity index (χ4n) is 1.88. The second kappa shape index (κ2) is 5.80. The molecule has 0 spiro atoms. The Labute approximate surface area is 107 Å². The van der Waals surface area contributed by atoms with Crippen molar-refractivity contribution in [1.82, 2.24) is 5.43 Å². The molecule has 2 nitrogen and oxygen atoms in total. The third-order valence-corrected chi connectivity index (χ3v) is 2.85. The van der Waals surface area contributed by atoms with Crippen molar-refractivity contribution in [2.75, 3.05) is 0 Å². The normalized spacial score (nSPS) is 13.8. The molecule has 0 amide bonds. The molecule has 0 saturated heterocycles. The molecule has 1 atom stereocenters. The van der Waals surface area contributed by atoms with Gasteiger partial charge in [0.15, 0.2) is 0 Å². The molecule has 0 bridgehead atoms. The van der Waals surface area contributed by atoms with Crippen molar-refractivity contribution in [3.63, 3.8) is 0 Å². The fourth-order valence-corrected chi connectivity index (χ4v) is 2.08. The van der Waals surface area contributed by atoms with E-state index in [0.717, 1.165) is 18.4 Å². The van der Waals surface area contributed by atoms with Crippen LogP contribution in [-0.4, -0.2) is 6.04 Å². The Kier molecular flexibility index (Phi) is 4.92. The maximum Gasteiger partial charge on any atom is 0.141 e. The molecule has 0 aliphatic carbocycles. The molecule has 17 heavy (non-hydrogen) atoms. The second-order valence-electron chi connectivity index (χ2n) is 5.58. The van der Waals surface area contributed by atoms with Crippen LogP contribution in [-0.2, 0) is 6.42 Å². The van der Waals surface area contributed by atoms with Crippen molar-refractivity contribution in [2.24, 2.45) is 11.3 Å². The highest BCUT2D eigenvalue weighted by atomic mass is 35.5. The summed E-state index contributed by atoms with van der Waals surface area (Å²) in [6.45, 7) is 6.49. The first-order chi connectivity index (χ1) is 7.81. The molecule has 4 heteroatoms. The average molecular weight is 259 g/mol. The molecule has 1 unspecified atom stereocenters. The van der Waals surface area contributed by atoms with Crippen LogP contribution in [0.15, 0.2) is 18.2 Å². The molecule has 0 saturated carbocycles. The summed E-state index contributed by atoms with van der Waals surface area (Å²) in [5.41, 5.74) is 3.99. The van der Waals surface area contributed by atoms with E-state index in [1.165, 1.54) is 6.07 Å². The number of rotatable bonds is 4. The predicted octanol–water partition coefficient (Wildman–Crippen LogP) is 3.29. The number of hydrogen-bond acceptors (Lipinski definition) is 2. The number of nitrogens with two attached hydrogens (primary N) is 1. The highest BCUT2D eigenvalue weighted by molar-refractivity contribution is 6.30. The van der Waals surface area contributed by atoms with Crippen molar-refractivity contribution in [2.45, 2.75) is 39.7 Å². The Morgan fingerprint density at radius 1 is 1.41 bits per heavy atom. The van der Waals surface area contributed by atoms with E-state index < -0.39 is 0 Å². The molecule has 0 radical (unpaired) electrons. The predicted molar refractivity (Wildman–Crippen MR) is 70.3 cm³/mol. The van der Waals surface area contributed by atoms with Crippen LogP contribution in [0.1, 0.15) is 32.8 Å². The van der Waals surface area contributed by atoms with E-state index in [1.54, 1.807) is 12.1 Å². The van der Waals surface area contributed by atoms with Gasteiger partial charge in [-0.05, 0) is 36.0 Å². The van der Waals surface area contributed by atoms with Gasteiger partial charge in [0.25, 0.3) is 0 Å². The highest BCUT2D eigenvalue weighted by Gasteiger charge is 2.18. The lowest BCUT2D eigenvalue weighted by Crippen LogP contribution is -2.39. The van der Waals surface area contributed by atoms with Gasteiger partial charge in [0.1, 0.15) is 5.82 Å². The molecule has 1 rings (SSSR count). The number of halogens is 2. The summed E-state index contributed by atoms with van der Waals surface area (Å²) < 4.78 is 13.0. The van der Waals surface area contributed by atoms with Gasteiger partial charge in [-0.25, -0.2) is 4.39 Å². The lowest BCUT2D eigenvalue weighted by atomic mass is 9.86. The molecule has 0 aromatic heterocycles. The van der Waals surface area contributed by atoms with Gasteiger partial charge in [-0.3, -0.25) is 11.3 Å². The second-order valence-corrected chi connectivity index (χ2v) is 5.99. The summed E-state index contributed by atoms with van der Waals surface area (Å²) >= 11 is 5.75. The molecule has 3 N–H and O–H groups in total. The number of hydrogen-bond donors (Lipinski definition) is 2. The molecule has 0 aliphatic rings. The molecule has 0 fully saturated rings. The van der Waals surface area contributed by atoms with Crippen molar-refractivity contribution in [3.05, 3.63) is 34.6 Å². The minimum absolute atomic E-state index is 0.161. The maximum absolute atomic E-state index is 13.0. The number of nitrogens with one attached hydrogen (secondary N) is 1. The number of hydrazine groups is 1. The first-order valence-corrected chi connectivity index (χ1v) is 6.09. The largest absolute Gasteiger partial charge is 0.271 e. The third kappa shape index (κ3) is 5.02. The molecule has 0 aliphatic heterocycles. The minimum atomic E-state index is -0.386. The lowest BCUT2D eigenvalue weighted by molar-refractivity contribution is 0.308. The molecule has 1 aromatic carbocycles. The summed E-state index contributed by atoms with van der Waals surface area (Å²) in [4.78, 5) is 0. The van der Waals surface area contributed by atoms with Gasteiger partial charge in [-0.1, -0.05) is 38.4 Å². The Morgan fingerprint density at radius 2 is 2.06 bits per heavy atom. The quantitative estimate of drug-likeness (QED) is 0.643. The highest BCUT2D eigenvalue weighted by Crippen LogP contribution is 2.23. The average Bonchev–Trinajstić information content (AvgIpc) is 2.20. The molecular weight excluding hydrogens is 239 g/mol. The first-order valence-electron chi connectivity index (χ1n) is 5.72. The first kappa shape index (κ1) is 14.4. The van der Waals surface area contributed by atoms with Crippen LogP contribution in [0.2, 0.25) is 5.02 Å². The summed E-state index contributed by atoms with van der Waals surface area (Å²) in [7, 11) is 0. The van der Waals surface area contributed by atoms with Gasteiger partial charge in [0.2, 0.25) is 0 Å². The molecule has 96 valence electrons. The van der Waals surface area contributed by atoms with E-state index >= 15 is 0 Å². The summed E-state index contributed by atoms with van der Waals surface area (Å²) in [5, 5.41) is 0.161. The third-order valence-electron chi connectivity index (χ3n) is 2.56. The van der Waals surface area contributed by atoms with Gasteiger partial charge in [-0.15, -0.1) is 0 Å². The Morgan fingerprint density at radius 3 is 2.53 bits per heavy atom. The van der Waals surface area contributed by atoms with Crippen LogP contribution in [0.5, 0.6) is 0 Å². The Hall–Kier alpha value is -0.640. The number of benzene rings is 1. The van der Waals surface area contributed by atoms with E-state index in [-0.39, 0.29) is 22.3 Å². The van der Waals surface area contributed by atoms with Crippen LogP contribution in [0.25, 0.3) is 0 Å². The summed E-state index contributed by atoms with van der Waals surface area (Å²) in [5.74, 6) is 5.15. The van der Waals surface area contributed by atoms with Gasteiger partial charge in [0, 0.05) is 6.04 Å². The topological polar surface area (TPSA) is 38.0 Å². The zero-order chi connectivity index (χ0) is 13.1. The molecule has 1 aromatic rings. The smallest absolute Gasteiger partial charge is 0.141 e. The van der Waals surface area contributed by atoms with E-state index in [9.17, 15) is 4.39 Å². The van der Waals surface area contributed by atoms with Crippen LogP contribution < -0.4 is 11.3 Å².